The number of hydrogen-bond acceptors (Lipinski definition) is 5. The number of carbonyl (C=O) groups excluding carboxylic acids is 1. The van der Waals surface area contributed by atoms with E-state index in [0.29, 0.717) is 18.0 Å². The summed E-state index contributed by atoms with van der Waals surface area (Å²) in [5.41, 5.74) is 3.80. The maximum Gasteiger partial charge on any atom is 0.277 e. The lowest BCUT2D eigenvalue weighted by atomic mass is 10.2. The van der Waals surface area contributed by atoms with Gasteiger partial charge in [-0.05, 0) is 52.2 Å². The Labute approximate surface area is 146 Å². The number of anilines is 1. The third-order valence-corrected chi connectivity index (χ3v) is 3.62. The monoisotopic (exact) mass is 339 g/mol. The predicted molar refractivity (Wildman–Crippen MR) is 94.9 cm³/mol. The van der Waals surface area contributed by atoms with Crippen LogP contribution in [0.25, 0.3) is 5.69 Å². The number of hydrogen-bond donors (Lipinski definition) is 1. The van der Waals surface area contributed by atoms with Crippen molar-refractivity contribution in [1.82, 2.24) is 19.8 Å². The Hall–Kier alpha value is -2.93. The van der Waals surface area contributed by atoms with Crippen LogP contribution < -0.4 is 5.32 Å². The Morgan fingerprint density at radius 1 is 1.24 bits per heavy atom. The number of nitrogens with zero attached hydrogens (tertiary/aromatic N) is 4. The second kappa shape index (κ2) is 6.90. The third kappa shape index (κ3) is 3.95. The fourth-order valence-corrected chi connectivity index (χ4v) is 2.61. The van der Waals surface area contributed by atoms with Crippen molar-refractivity contribution >= 4 is 11.6 Å². The molecule has 1 N–H and O–H groups in total. The molecule has 25 heavy (non-hydrogen) atoms. The molecule has 0 aliphatic rings. The van der Waals surface area contributed by atoms with Crippen LogP contribution in [0.4, 0.5) is 5.69 Å². The van der Waals surface area contributed by atoms with Gasteiger partial charge in [0.1, 0.15) is 0 Å². The second-order valence-corrected chi connectivity index (χ2v) is 6.26. The van der Waals surface area contributed by atoms with Gasteiger partial charge in [0, 0.05) is 17.4 Å². The van der Waals surface area contributed by atoms with Crippen LogP contribution in [-0.4, -0.2) is 39.8 Å². The van der Waals surface area contributed by atoms with E-state index >= 15 is 0 Å². The molecule has 1 aromatic carbocycles. The topological polar surface area (TPSA) is 76.2 Å². The number of rotatable bonds is 5. The van der Waals surface area contributed by atoms with E-state index in [1.54, 1.807) is 6.07 Å². The van der Waals surface area contributed by atoms with Gasteiger partial charge >= 0.3 is 0 Å². The first-order chi connectivity index (χ1) is 11.9. The molecule has 0 aliphatic heterocycles. The molecule has 0 aliphatic carbocycles. The Bertz CT molecular complexity index is 895. The van der Waals surface area contributed by atoms with Gasteiger partial charge in [0.15, 0.2) is 11.5 Å². The molecule has 0 radical (unpaired) electrons. The zero-order valence-electron chi connectivity index (χ0n) is 14.8. The summed E-state index contributed by atoms with van der Waals surface area (Å²) in [6.07, 6.45) is 0. The number of aromatic nitrogens is 3. The molecule has 0 fully saturated rings. The minimum absolute atomic E-state index is 0.258. The molecule has 0 spiro atoms. The van der Waals surface area contributed by atoms with E-state index in [4.69, 9.17) is 4.52 Å². The van der Waals surface area contributed by atoms with Crippen molar-refractivity contribution in [3.8, 4) is 5.69 Å². The van der Waals surface area contributed by atoms with Crippen LogP contribution in [0.2, 0.25) is 0 Å². The van der Waals surface area contributed by atoms with E-state index in [-0.39, 0.29) is 11.6 Å². The third-order valence-electron chi connectivity index (χ3n) is 3.62. The second-order valence-electron chi connectivity index (χ2n) is 6.26. The molecule has 2 aromatic heterocycles. The van der Waals surface area contributed by atoms with E-state index in [2.05, 4.69) is 15.6 Å². The lowest BCUT2D eigenvalue weighted by Gasteiger charge is -2.08. The summed E-state index contributed by atoms with van der Waals surface area (Å²) in [7, 11) is 3.85. The van der Waals surface area contributed by atoms with Gasteiger partial charge in [-0.15, -0.1) is 0 Å². The number of benzene rings is 1. The molecule has 0 saturated carbocycles. The zero-order valence-corrected chi connectivity index (χ0v) is 14.8. The molecule has 3 rings (SSSR count). The summed E-state index contributed by atoms with van der Waals surface area (Å²) < 4.78 is 7.02. The van der Waals surface area contributed by atoms with Crippen LogP contribution in [0.15, 0.2) is 40.9 Å². The van der Waals surface area contributed by atoms with Gasteiger partial charge in [-0.2, -0.15) is 5.10 Å². The summed E-state index contributed by atoms with van der Waals surface area (Å²) in [6.45, 7) is 4.53. The molecule has 0 saturated heterocycles. The fraction of sp³-hybridized carbons (Fsp3) is 0.278. The standard InChI is InChI=1S/C18H21N5O2/c1-12-8-13(2)23(20-12)15-7-5-6-14(9-15)19-18(24)17-10-16(25-21-17)11-22(3)4/h5-10H,11H2,1-4H3,(H,19,24). The number of nitrogens with one attached hydrogen (secondary N) is 1. The molecule has 130 valence electrons. The van der Waals surface area contributed by atoms with Crippen LogP contribution in [-0.2, 0) is 6.54 Å². The quantitative estimate of drug-likeness (QED) is 0.773. The number of carbonyl (C=O) groups is 1. The number of amides is 1. The van der Waals surface area contributed by atoms with Crippen LogP contribution in [0.5, 0.6) is 0 Å². The van der Waals surface area contributed by atoms with Gasteiger partial charge in [-0.1, -0.05) is 11.2 Å². The molecule has 7 nitrogen and oxygen atoms in total. The summed E-state index contributed by atoms with van der Waals surface area (Å²) in [5.74, 6) is 0.339. The fourth-order valence-electron chi connectivity index (χ4n) is 2.61. The van der Waals surface area contributed by atoms with Gasteiger partial charge in [0.2, 0.25) is 0 Å². The zero-order chi connectivity index (χ0) is 18.0. The van der Waals surface area contributed by atoms with E-state index in [1.807, 2.05) is 67.9 Å². The van der Waals surface area contributed by atoms with E-state index in [0.717, 1.165) is 17.1 Å². The van der Waals surface area contributed by atoms with Crippen molar-refractivity contribution in [1.29, 1.82) is 0 Å². The minimum Gasteiger partial charge on any atom is -0.359 e. The van der Waals surface area contributed by atoms with Crippen LogP contribution >= 0.6 is 0 Å². The van der Waals surface area contributed by atoms with E-state index in [1.165, 1.54) is 0 Å². The Balaban J connectivity index is 1.77. The first-order valence-corrected chi connectivity index (χ1v) is 7.98. The average Bonchev–Trinajstić information content (AvgIpc) is 3.13. The Kier molecular flexibility index (Phi) is 4.67. The molecular formula is C18H21N5O2. The summed E-state index contributed by atoms with van der Waals surface area (Å²) in [6, 6.07) is 11.2. The minimum atomic E-state index is -0.306. The van der Waals surface area contributed by atoms with Crippen LogP contribution in [0, 0.1) is 13.8 Å². The van der Waals surface area contributed by atoms with Crippen molar-refractivity contribution in [2.45, 2.75) is 20.4 Å². The molecule has 0 bridgehead atoms. The Morgan fingerprint density at radius 3 is 2.72 bits per heavy atom. The highest BCUT2D eigenvalue weighted by molar-refractivity contribution is 6.02. The van der Waals surface area contributed by atoms with Crippen molar-refractivity contribution in [3.05, 3.63) is 59.2 Å². The first kappa shape index (κ1) is 16.9. The van der Waals surface area contributed by atoms with Crippen LogP contribution in [0.3, 0.4) is 0 Å². The largest absolute Gasteiger partial charge is 0.359 e. The van der Waals surface area contributed by atoms with Crippen molar-refractivity contribution in [3.63, 3.8) is 0 Å². The molecular weight excluding hydrogens is 318 g/mol. The first-order valence-electron chi connectivity index (χ1n) is 7.98. The lowest BCUT2D eigenvalue weighted by Crippen LogP contribution is -2.13. The van der Waals surface area contributed by atoms with Gasteiger partial charge in [0.05, 0.1) is 17.9 Å². The maximum atomic E-state index is 12.4. The van der Waals surface area contributed by atoms with Gasteiger partial charge in [0.25, 0.3) is 5.91 Å². The normalized spacial score (nSPS) is 11.1. The highest BCUT2D eigenvalue weighted by Gasteiger charge is 2.14. The summed E-state index contributed by atoms with van der Waals surface area (Å²) >= 11 is 0. The highest BCUT2D eigenvalue weighted by atomic mass is 16.5. The molecule has 3 aromatic rings. The molecule has 2 heterocycles. The average molecular weight is 339 g/mol. The molecule has 0 atom stereocenters. The van der Waals surface area contributed by atoms with Crippen LogP contribution in [0.1, 0.15) is 27.6 Å². The maximum absolute atomic E-state index is 12.4. The smallest absolute Gasteiger partial charge is 0.277 e. The van der Waals surface area contributed by atoms with Crippen molar-refractivity contribution in [2.75, 3.05) is 19.4 Å². The summed E-state index contributed by atoms with van der Waals surface area (Å²) in [4.78, 5) is 14.3. The SMILES string of the molecule is Cc1cc(C)n(-c2cccc(NC(=O)c3cc(CN(C)C)on3)c2)n1. The van der Waals surface area contributed by atoms with Gasteiger partial charge in [-0.3, -0.25) is 4.79 Å². The Morgan fingerprint density at radius 2 is 2.04 bits per heavy atom. The van der Waals surface area contributed by atoms with Crippen molar-refractivity contribution < 1.29 is 9.32 Å². The van der Waals surface area contributed by atoms with Gasteiger partial charge in [-0.25, -0.2) is 4.68 Å². The van der Waals surface area contributed by atoms with E-state index < -0.39 is 0 Å². The molecule has 7 heteroatoms. The van der Waals surface area contributed by atoms with Gasteiger partial charge < -0.3 is 14.7 Å². The molecule has 0 unspecified atom stereocenters. The highest BCUT2D eigenvalue weighted by Crippen LogP contribution is 2.17. The predicted octanol–water partition coefficient (Wildman–Crippen LogP) is 2.79. The van der Waals surface area contributed by atoms with Crippen molar-refractivity contribution in [2.24, 2.45) is 0 Å². The lowest BCUT2D eigenvalue weighted by molar-refractivity contribution is 0.101. The summed E-state index contributed by atoms with van der Waals surface area (Å²) in [5, 5.41) is 11.1. The number of aryl methyl sites for hydroxylation is 2. The van der Waals surface area contributed by atoms with E-state index in [9.17, 15) is 4.79 Å². The molecule has 1 amide bonds.